The predicted octanol–water partition coefficient (Wildman–Crippen LogP) is 3.61. The average molecular weight is 407 g/mol. The van der Waals surface area contributed by atoms with E-state index >= 15 is 0 Å². The predicted molar refractivity (Wildman–Crippen MR) is 107 cm³/mol. The lowest BCUT2D eigenvalue weighted by Crippen LogP contribution is -2.15. The molecule has 4 rings (SSSR count). The Kier molecular flexibility index (Phi) is 5.09. The number of pyridine rings is 1. The SMILES string of the molecule is CC(=O)CCc1nc(-c2ccc(C)c(NC(=O)c3cnc4ccc(F)cn34)c2)no1. The first kappa shape index (κ1) is 19.4. The maximum atomic E-state index is 13.6. The molecule has 0 radical (unpaired) electrons. The van der Waals surface area contributed by atoms with E-state index in [2.05, 4.69) is 20.4 Å². The van der Waals surface area contributed by atoms with Crippen LogP contribution in [0.1, 0.15) is 35.3 Å². The summed E-state index contributed by atoms with van der Waals surface area (Å²) < 4.78 is 20.2. The van der Waals surface area contributed by atoms with Gasteiger partial charge in [-0.15, -0.1) is 0 Å². The molecule has 30 heavy (non-hydrogen) atoms. The number of hydrogen-bond acceptors (Lipinski definition) is 6. The smallest absolute Gasteiger partial charge is 0.274 e. The molecule has 3 aromatic heterocycles. The number of nitrogens with one attached hydrogen (secondary N) is 1. The van der Waals surface area contributed by atoms with Crippen LogP contribution in [0.2, 0.25) is 0 Å². The lowest BCUT2D eigenvalue weighted by Gasteiger charge is -2.09. The van der Waals surface area contributed by atoms with Crippen molar-refractivity contribution in [2.45, 2.75) is 26.7 Å². The number of imidazole rings is 1. The molecule has 9 heteroatoms. The Morgan fingerprint density at radius 1 is 1.23 bits per heavy atom. The minimum atomic E-state index is -0.467. The summed E-state index contributed by atoms with van der Waals surface area (Å²) in [6.45, 7) is 3.35. The maximum Gasteiger partial charge on any atom is 0.274 e. The number of fused-ring (bicyclic) bond motifs is 1. The third-order valence-corrected chi connectivity index (χ3v) is 4.61. The second-order valence-corrected chi connectivity index (χ2v) is 6.92. The molecule has 4 aromatic rings. The molecule has 8 nitrogen and oxygen atoms in total. The molecule has 0 unspecified atom stereocenters. The number of hydrogen-bond donors (Lipinski definition) is 1. The van der Waals surface area contributed by atoms with Crippen LogP contribution in [-0.4, -0.2) is 31.2 Å². The molecular formula is C21H18FN5O3. The normalized spacial score (nSPS) is 11.0. The van der Waals surface area contributed by atoms with Crippen LogP contribution < -0.4 is 5.32 Å². The summed E-state index contributed by atoms with van der Waals surface area (Å²) in [5.74, 6) is -0.114. The number of benzene rings is 1. The molecule has 0 aliphatic rings. The highest BCUT2D eigenvalue weighted by Crippen LogP contribution is 2.24. The third kappa shape index (κ3) is 3.95. The van der Waals surface area contributed by atoms with Crippen molar-refractivity contribution in [2.75, 3.05) is 5.32 Å². The van der Waals surface area contributed by atoms with Gasteiger partial charge in [-0.3, -0.25) is 9.20 Å². The van der Waals surface area contributed by atoms with Gasteiger partial charge in [-0.1, -0.05) is 17.3 Å². The number of halogens is 1. The number of nitrogens with zero attached hydrogens (tertiary/aromatic N) is 4. The van der Waals surface area contributed by atoms with Crippen LogP contribution in [0, 0.1) is 12.7 Å². The van der Waals surface area contributed by atoms with Gasteiger partial charge in [-0.25, -0.2) is 9.37 Å². The quantitative estimate of drug-likeness (QED) is 0.524. The van der Waals surface area contributed by atoms with Crippen molar-refractivity contribution in [1.29, 1.82) is 0 Å². The van der Waals surface area contributed by atoms with Gasteiger partial charge in [0.1, 0.15) is 22.9 Å². The van der Waals surface area contributed by atoms with E-state index in [1.54, 1.807) is 6.07 Å². The van der Waals surface area contributed by atoms with Gasteiger partial charge in [0.25, 0.3) is 5.91 Å². The zero-order valence-electron chi connectivity index (χ0n) is 16.3. The number of aryl methyl sites for hydroxylation is 2. The van der Waals surface area contributed by atoms with E-state index in [9.17, 15) is 14.0 Å². The minimum Gasteiger partial charge on any atom is -0.339 e. The van der Waals surface area contributed by atoms with Crippen LogP contribution in [0.3, 0.4) is 0 Å². The summed E-state index contributed by atoms with van der Waals surface area (Å²) in [6, 6.07) is 8.15. The van der Waals surface area contributed by atoms with E-state index < -0.39 is 11.7 Å². The van der Waals surface area contributed by atoms with Crippen molar-refractivity contribution in [3.05, 3.63) is 65.7 Å². The number of aromatic nitrogens is 4. The van der Waals surface area contributed by atoms with Gasteiger partial charge in [0, 0.05) is 30.3 Å². The number of rotatable bonds is 6. The van der Waals surface area contributed by atoms with Crippen LogP contribution in [0.15, 0.2) is 47.2 Å². The van der Waals surface area contributed by atoms with E-state index in [1.165, 1.54) is 35.9 Å². The highest BCUT2D eigenvalue weighted by atomic mass is 19.1. The topological polar surface area (TPSA) is 102 Å². The van der Waals surface area contributed by atoms with Crippen molar-refractivity contribution in [2.24, 2.45) is 0 Å². The number of Topliss-reactive ketones (excluding diaryl/α,β-unsaturated/α-hetero) is 1. The molecule has 0 saturated heterocycles. The summed E-state index contributed by atoms with van der Waals surface area (Å²) in [7, 11) is 0. The number of carbonyl (C=O) groups is 2. The van der Waals surface area contributed by atoms with Crippen molar-refractivity contribution < 1.29 is 18.5 Å². The summed E-state index contributed by atoms with van der Waals surface area (Å²) in [4.78, 5) is 32.3. The highest BCUT2D eigenvalue weighted by molar-refractivity contribution is 6.04. The highest BCUT2D eigenvalue weighted by Gasteiger charge is 2.16. The minimum absolute atomic E-state index is 0.0439. The van der Waals surface area contributed by atoms with E-state index in [0.29, 0.717) is 41.5 Å². The molecule has 0 bridgehead atoms. The molecule has 0 aliphatic heterocycles. The summed E-state index contributed by atoms with van der Waals surface area (Å²) in [5, 5.41) is 6.78. The number of ketones is 1. The van der Waals surface area contributed by atoms with E-state index in [-0.39, 0.29) is 11.5 Å². The van der Waals surface area contributed by atoms with Gasteiger partial charge in [0.2, 0.25) is 11.7 Å². The summed E-state index contributed by atoms with van der Waals surface area (Å²) >= 11 is 0. The van der Waals surface area contributed by atoms with E-state index in [4.69, 9.17) is 4.52 Å². The fourth-order valence-electron chi connectivity index (χ4n) is 2.96. The monoisotopic (exact) mass is 407 g/mol. The molecule has 3 heterocycles. The molecule has 1 aromatic carbocycles. The Labute approximate surface area is 170 Å². The number of anilines is 1. The molecule has 0 aliphatic carbocycles. The Balaban J connectivity index is 1.58. The van der Waals surface area contributed by atoms with Gasteiger partial charge in [-0.05, 0) is 37.6 Å². The van der Waals surface area contributed by atoms with Crippen molar-refractivity contribution in [1.82, 2.24) is 19.5 Å². The molecule has 0 spiro atoms. The lowest BCUT2D eigenvalue weighted by atomic mass is 10.1. The van der Waals surface area contributed by atoms with Crippen LogP contribution >= 0.6 is 0 Å². The second-order valence-electron chi connectivity index (χ2n) is 6.92. The molecule has 0 fully saturated rings. The number of amides is 1. The fourth-order valence-corrected chi connectivity index (χ4v) is 2.96. The number of carbonyl (C=O) groups excluding carboxylic acids is 2. The third-order valence-electron chi connectivity index (χ3n) is 4.61. The van der Waals surface area contributed by atoms with Gasteiger partial charge in [0.15, 0.2) is 0 Å². The molecule has 152 valence electrons. The zero-order valence-corrected chi connectivity index (χ0v) is 16.3. The zero-order chi connectivity index (χ0) is 21.3. The molecular weight excluding hydrogens is 389 g/mol. The van der Waals surface area contributed by atoms with Crippen LogP contribution in [0.5, 0.6) is 0 Å². The van der Waals surface area contributed by atoms with Gasteiger partial charge in [0.05, 0.1) is 6.20 Å². The summed E-state index contributed by atoms with van der Waals surface area (Å²) in [6.07, 6.45) is 3.31. The Hall–Kier alpha value is -3.88. The lowest BCUT2D eigenvalue weighted by molar-refractivity contribution is -0.117. The fraction of sp³-hybridized carbons (Fsp3) is 0.190. The van der Waals surface area contributed by atoms with Crippen molar-refractivity contribution >= 4 is 23.0 Å². The van der Waals surface area contributed by atoms with Gasteiger partial charge in [-0.2, -0.15) is 4.98 Å². The van der Waals surface area contributed by atoms with Crippen LogP contribution in [-0.2, 0) is 11.2 Å². The molecule has 0 atom stereocenters. The van der Waals surface area contributed by atoms with Crippen molar-refractivity contribution in [3.63, 3.8) is 0 Å². The molecule has 0 saturated carbocycles. The standard InChI is InChI=1S/C21H18FN5O3/c1-12-3-5-14(20-25-19(30-26-20)8-4-13(2)28)9-16(12)24-21(29)17-10-23-18-7-6-15(22)11-27(17)18/h3,5-7,9-11H,4,8H2,1-2H3,(H,24,29). The summed E-state index contributed by atoms with van der Waals surface area (Å²) in [5.41, 5.74) is 2.71. The average Bonchev–Trinajstić information content (AvgIpc) is 3.35. The van der Waals surface area contributed by atoms with E-state index in [1.807, 2.05) is 19.1 Å². The Bertz CT molecular complexity index is 1260. The molecule has 1 amide bonds. The largest absolute Gasteiger partial charge is 0.339 e. The maximum absolute atomic E-state index is 13.6. The Morgan fingerprint density at radius 3 is 2.87 bits per heavy atom. The van der Waals surface area contributed by atoms with Gasteiger partial charge >= 0.3 is 0 Å². The second kappa shape index (κ2) is 7.86. The Morgan fingerprint density at radius 2 is 2.07 bits per heavy atom. The van der Waals surface area contributed by atoms with Gasteiger partial charge < -0.3 is 14.6 Å². The van der Waals surface area contributed by atoms with Crippen LogP contribution in [0.4, 0.5) is 10.1 Å². The molecule has 1 N–H and O–H groups in total. The first-order chi connectivity index (χ1) is 14.4. The van der Waals surface area contributed by atoms with Crippen LogP contribution in [0.25, 0.3) is 17.0 Å². The first-order valence-corrected chi connectivity index (χ1v) is 9.28. The van der Waals surface area contributed by atoms with E-state index in [0.717, 1.165) is 5.56 Å². The van der Waals surface area contributed by atoms with Crippen molar-refractivity contribution in [3.8, 4) is 11.4 Å². The first-order valence-electron chi connectivity index (χ1n) is 9.28.